The van der Waals surface area contributed by atoms with E-state index in [4.69, 9.17) is 10.5 Å². The molecule has 0 radical (unpaired) electrons. The Kier molecular flexibility index (Phi) is 3.31. The van der Waals surface area contributed by atoms with Crippen LogP contribution < -0.4 is 10.5 Å². The summed E-state index contributed by atoms with van der Waals surface area (Å²) in [4.78, 5) is 4.17. The number of ether oxygens (including phenoxy) is 1. The SMILES string of the molecule is NCc1ccc(Oc2nccc3ccccc23)c(F)c1. The number of rotatable bonds is 3. The van der Waals surface area contributed by atoms with Gasteiger partial charge in [0.15, 0.2) is 11.6 Å². The zero-order chi connectivity index (χ0) is 13.9. The normalized spacial score (nSPS) is 10.7. The lowest BCUT2D eigenvalue weighted by molar-refractivity contribution is 0.432. The fourth-order valence-corrected chi connectivity index (χ4v) is 2.03. The Balaban J connectivity index is 2.01. The van der Waals surface area contributed by atoms with E-state index in [-0.39, 0.29) is 5.75 Å². The molecule has 0 unspecified atom stereocenters. The van der Waals surface area contributed by atoms with Gasteiger partial charge in [0.2, 0.25) is 5.88 Å². The minimum absolute atomic E-state index is 0.144. The summed E-state index contributed by atoms with van der Waals surface area (Å²) in [6.45, 7) is 0.295. The molecule has 0 bridgehead atoms. The lowest BCUT2D eigenvalue weighted by atomic mass is 10.2. The van der Waals surface area contributed by atoms with Crippen LogP contribution in [-0.2, 0) is 6.54 Å². The van der Waals surface area contributed by atoms with E-state index < -0.39 is 5.82 Å². The van der Waals surface area contributed by atoms with E-state index in [1.165, 1.54) is 6.07 Å². The molecule has 3 rings (SSSR count). The number of nitrogens with two attached hydrogens (primary N) is 1. The third-order valence-corrected chi connectivity index (χ3v) is 3.08. The van der Waals surface area contributed by atoms with E-state index in [0.717, 1.165) is 16.3 Å². The zero-order valence-corrected chi connectivity index (χ0v) is 10.7. The maximum absolute atomic E-state index is 13.9. The molecule has 3 nitrogen and oxygen atoms in total. The molecular weight excluding hydrogens is 255 g/mol. The predicted molar refractivity (Wildman–Crippen MR) is 76.1 cm³/mol. The number of aromatic nitrogens is 1. The van der Waals surface area contributed by atoms with Crippen molar-refractivity contribution in [2.45, 2.75) is 6.54 Å². The van der Waals surface area contributed by atoms with E-state index >= 15 is 0 Å². The largest absolute Gasteiger partial charge is 0.435 e. The predicted octanol–water partition coefficient (Wildman–Crippen LogP) is 3.62. The van der Waals surface area contributed by atoms with Crippen LogP contribution in [0.5, 0.6) is 11.6 Å². The van der Waals surface area contributed by atoms with Crippen LogP contribution in [0.25, 0.3) is 10.8 Å². The van der Waals surface area contributed by atoms with Gasteiger partial charge in [0.25, 0.3) is 0 Å². The van der Waals surface area contributed by atoms with Crippen molar-refractivity contribution < 1.29 is 9.13 Å². The number of fused-ring (bicyclic) bond motifs is 1. The number of benzene rings is 2. The zero-order valence-electron chi connectivity index (χ0n) is 10.7. The van der Waals surface area contributed by atoms with Crippen LogP contribution in [0.1, 0.15) is 5.56 Å². The summed E-state index contributed by atoms with van der Waals surface area (Å²) in [7, 11) is 0. The Morgan fingerprint density at radius 2 is 1.95 bits per heavy atom. The van der Waals surface area contributed by atoms with Gasteiger partial charge in [0.05, 0.1) is 0 Å². The molecule has 0 aliphatic carbocycles. The standard InChI is InChI=1S/C16H13FN2O/c17-14-9-11(10-18)5-6-15(14)20-16-13-4-2-1-3-12(13)7-8-19-16/h1-9H,10,18H2. The molecule has 2 aromatic carbocycles. The molecule has 0 saturated carbocycles. The maximum Gasteiger partial charge on any atom is 0.227 e. The summed E-state index contributed by atoms with van der Waals surface area (Å²) in [6, 6.07) is 14.2. The summed E-state index contributed by atoms with van der Waals surface area (Å²) >= 11 is 0. The number of nitrogens with zero attached hydrogens (tertiary/aromatic N) is 1. The number of halogens is 1. The van der Waals surface area contributed by atoms with Gasteiger partial charge in [-0.05, 0) is 35.2 Å². The van der Waals surface area contributed by atoms with Gasteiger partial charge in [-0.1, -0.05) is 24.3 Å². The van der Waals surface area contributed by atoms with E-state index in [2.05, 4.69) is 4.98 Å². The van der Waals surface area contributed by atoms with E-state index in [9.17, 15) is 4.39 Å². The van der Waals surface area contributed by atoms with Crippen LogP contribution in [0.3, 0.4) is 0 Å². The second kappa shape index (κ2) is 5.27. The Morgan fingerprint density at radius 3 is 2.75 bits per heavy atom. The molecule has 100 valence electrons. The van der Waals surface area contributed by atoms with Crippen molar-refractivity contribution in [2.75, 3.05) is 0 Å². The van der Waals surface area contributed by atoms with E-state index in [1.807, 2.05) is 30.3 Å². The average Bonchev–Trinajstić information content (AvgIpc) is 2.49. The van der Waals surface area contributed by atoms with Crippen molar-refractivity contribution in [1.29, 1.82) is 0 Å². The highest BCUT2D eigenvalue weighted by Gasteiger charge is 2.09. The quantitative estimate of drug-likeness (QED) is 0.789. The lowest BCUT2D eigenvalue weighted by Crippen LogP contribution is -1.98. The first-order chi connectivity index (χ1) is 9.78. The molecule has 0 spiro atoms. The average molecular weight is 268 g/mol. The van der Waals surface area contributed by atoms with Crippen LogP contribution in [0.15, 0.2) is 54.7 Å². The summed E-state index contributed by atoms with van der Waals surface area (Å²) in [5, 5.41) is 1.84. The van der Waals surface area contributed by atoms with Gasteiger partial charge < -0.3 is 10.5 Å². The second-order valence-corrected chi connectivity index (χ2v) is 4.41. The smallest absolute Gasteiger partial charge is 0.227 e. The van der Waals surface area contributed by atoms with Crippen LogP contribution in [0.2, 0.25) is 0 Å². The monoisotopic (exact) mass is 268 g/mol. The molecule has 0 aliphatic rings. The molecule has 2 N–H and O–H groups in total. The van der Waals surface area contributed by atoms with Crippen molar-refractivity contribution in [3.8, 4) is 11.6 Å². The molecule has 1 aromatic heterocycles. The molecule has 3 aromatic rings. The summed E-state index contributed by atoms with van der Waals surface area (Å²) in [5.74, 6) is 0.0937. The first-order valence-electron chi connectivity index (χ1n) is 6.28. The first kappa shape index (κ1) is 12.6. The third kappa shape index (κ3) is 2.33. The summed E-state index contributed by atoms with van der Waals surface area (Å²) in [6.07, 6.45) is 1.64. The van der Waals surface area contributed by atoms with Gasteiger partial charge in [-0.15, -0.1) is 0 Å². The minimum Gasteiger partial charge on any atom is -0.435 e. The van der Waals surface area contributed by atoms with Gasteiger partial charge in [0, 0.05) is 18.1 Å². The second-order valence-electron chi connectivity index (χ2n) is 4.41. The van der Waals surface area contributed by atoms with Gasteiger partial charge >= 0.3 is 0 Å². The van der Waals surface area contributed by atoms with Crippen LogP contribution >= 0.6 is 0 Å². The highest BCUT2D eigenvalue weighted by molar-refractivity contribution is 5.86. The molecule has 0 saturated heterocycles. The molecule has 0 amide bonds. The lowest BCUT2D eigenvalue weighted by Gasteiger charge is -2.09. The number of hydrogen-bond acceptors (Lipinski definition) is 3. The van der Waals surface area contributed by atoms with Crippen molar-refractivity contribution in [3.63, 3.8) is 0 Å². The van der Waals surface area contributed by atoms with Crippen molar-refractivity contribution in [1.82, 2.24) is 4.98 Å². The maximum atomic E-state index is 13.9. The molecular formula is C16H13FN2O. The number of hydrogen-bond donors (Lipinski definition) is 1. The molecule has 0 atom stereocenters. The molecule has 4 heteroatoms. The van der Waals surface area contributed by atoms with Gasteiger partial charge in [-0.3, -0.25) is 0 Å². The molecule has 1 heterocycles. The minimum atomic E-state index is -0.442. The molecule has 0 fully saturated rings. The molecule has 0 aliphatic heterocycles. The fourth-order valence-electron chi connectivity index (χ4n) is 2.03. The van der Waals surface area contributed by atoms with Gasteiger partial charge in [0.1, 0.15) is 0 Å². The Hall–Kier alpha value is -2.46. The number of pyridine rings is 1. The fraction of sp³-hybridized carbons (Fsp3) is 0.0625. The van der Waals surface area contributed by atoms with Crippen LogP contribution in [-0.4, -0.2) is 4.98 Å². The first-order valence-corrected chi connectivity index (χ1v) is 6.28. The van der Waals surface area contributed by atoms with Gasteiger partial charge in [-0.2, -0.15) is 0 Å². The van der Waals surface area contributed by atoms with Crippen LogP contribution in [0.4, 0.5) is 4.39 Å². The van der Waals surface area contributed by atoms with Crippen LogP contribution in [0, 0.1) is 5.82 Å². The van der Waals surface area contributed by atoms with Crippen molar-refractivity contribution >= 4 is 10.8 Å². The molecule has 20 heavy (non-hydrogen) atoms. The Labute approximate surface area is 115 Å². The van der Waals surface area contributed by atoms with Crippen molar-refractivity contribution in [3.05, 3.63) is 66.1 Å². The topological polar surface area (TPSA) is 48.1 Å². The highest BCUT2D eigenvalue weighted by atomic mass is 19.1. The summed E-state index contributed by atoms with van der Waals surface area (Å²) in [5.41, 5.74) is 6.20. The Morgan fingerprint density at radius 1 is 1.10 bits per heavy atom. The van der Waals surface area contributed by atoms with Gasteiger partial charge in [-0.25, -0.2) is 9.37 Å². The van der Waals surface area contributed by atoms with E-state index in [0.29, 0.717) is 12.4 Å². The van der Waals surface area contributed by atoms with Crippen molar-refractivity contribution in [2.24, 2.45) is 5.73 Å². The Bertz CT molecular complexity index is 753. The third-order valence-electron chi connectivity index (χ3n) is 3.08. The highest BCUT2D eigenvalue weighted by Crippen LogP contribution is 2.29. The van der Waals surface area contributed by atoms with E-state index in [1.54, 1.807) is 18.3 Å². The summed E-state index contributed by atoms with van der Waals surface area (Å²) < 4.78 is 19.5.